The number of ether oxygens (including phenoxy) is 1. The molecular weight excluding hydrogens is 266 g/mol. The van der Waals surface area contributed by atoms with E-state index in [0.29, 0.717) is 18.3 Å². The lowest BCUT2D eigenvalue weighted by Crippen LogP contribution is -2.40. The van der Waals surface area contributed by atoms with Crippen molar-refractivity contribution in [1.82, 2.24) is 15.2 Å². The third-order valence-corrected chi connectivity index (χ3v) is 5.05. The number of carbonyl (C=O) groups excluding carboxylic acids is 1. The van der Waals surface area contributed by atoms with Crippen LogP contribution < -0.4 is 0 Å². The van der Waals surface area contributed by atoms with E-state index in [1.54, 1.807) is 0 Å². The fraction of sp³-hybridized carbons (Fsp3) is 0.812. The first kappa shape index (κ1) is 14.5. The van der Waals surface area contributed by atoms with Crippen LogP contribution >= 0.6 is 0 Å². The molecule has 1 aromatic heterocycles. The van der Waals surface area contributed by atoms with Gasteiger partial charge in [0.2, 0.25) is 0 Å². The van der Waals surface area contributed by atoms with Crippen LogP contribution in [0.2, 0.25) is 0 Å². The molecule has 21 heavy (non-hydrogen) atoms. The molecule has 116 valence electrons. The number of nitrogens with one attached hydrogen (secondary N) is 1. The number of esters is 1. The van der Waals surface area contributed by atoms with Gasteiger partial charge < -0.3 is 4.74 Å². The minimum atomic E-state index is -0.610. The summed E-state index contributed by atoms with van der Waals surface area (Å²) in [5.41, 5.74) is -0.610. The number of nitrogens with zero attached hydrogens (tertiary/aromatic N) is 2. The van der Waals surface area contributed by atoms with E-state index in [9.17, 15) is 4.79 Å². The quantitative estimate of drug-likeness (QED) is 0.865. The van der Waals surface area contributed by atoms with Gasteiger partial charge in [-0.3, -0.25) is 9.89 Å². The Morgan fingerprint density at radius 2 is 1.95 bits per heavy atom. The lowest BCUT2D eigenvalue weighted by atomic mass is 9.73. The molecule has 0 atom stereocenters. The molecule has 0 amide bonds. The molecule has 0 aliphatic heterocycles. The first-order valence-electron chi connectivity index (χ1n) is 8.36. The fourth-order valence-corrected chi connectivity index (χ4v) is 3.81. The maximum absolute atomic E-state index is 12.5. The number of aromatic nitrogens is 3. The third-order valence-electron chi connectivity index (χ3n) is 5.05. The molecule has 3 rings (SSSR count). The van der Waals surface area contributed by atoms with Crippen LogP contribution in [0.15, 0.2) is 0 Å². The Bertz CT molecular complexity index is 485. The van der Waals surface area contributed by atoms with Gasteiger partial charge in [-0.15, -0.1) is 0 Å². The molecule has 0 saturated heterocycles. The minimum absolute atomic E-state index is 0.137. The van der Waals surface area contributed by atoms with Gasteiger partial charge in [0.05, 0.1) is 6.61 Å². The Morgan fingerprint density at radius 3 is 2.62 bits per heavy atom. The molecule has 0 aromatic carbocycles. The Kier molecular flexibility index (Phi) is 4.27. The van der Waals surface area contributed by atoms with E-state index < -0.39 is 5.41 Å². The van der Waals surface area contributed by atoms with E-state index in [-0.39, 0.29) is 5.97 Å². The van der Waals surface area contributed by atoms with Crippen molar-refractivity contribution >= 4 is 5.97 Å². The smallest absolute Gasteiger partial charge is 0.319 e. The molecule has 1 aromatic rings. The lowest BCUT2D eigenvalue weighted by molar-refractivity contribution is -0.152. The molecule has 1 N–H and O–H groups in total. The summed E-state index contributed by atoms with van der Waals surface area (Å²) in [6, 6.07) is 0. The largest absolute Gasteiger partial charge is 0.465 e. The normalized spacial score (nSPS) is 22.3. The molecular formula is C16H25N3O2. The number of carbonyl (C=O) groups is 1. The zero-order chi connectivity index (χ0) is 14.7. The maximum Gasteiger partial charge on any atom is 0.319 e. The van der Waals surface area contributed by atoms with Crippen molar-refractivity contribution in [2.24, 2.45) is 0 Å². The highest BCUT2D eigenvalue weighted by Gasteiger charge is 2.46. The summed E-state index contributed by atoms with van der Waals surface area (Å²) in [6.45, 7) is 2.27. The standard InChI is InChI=1S/C16H25N3O2/c1-2-21-15(20)16(10-6-3-7-11-16)14-17-13(18-19-14)12-8-4-5-9-12/h12H,2-11H2,1H3,(H,17,18,19). The van der Waals surface area contributed by atoms with Gasteiger partial charge >= 0.3 is 5.97 Å². The predicted octanol–water partition coefficient (Wildman–Crippen LogP) is 3.23. The van der Waals surface area contributed by atoms with Crippen LogP contribution in [0, 0.1) is 0 Å². The van der Waals surface area contributed by atoms with Gasteiger partial charge in [-0.05, 0) is 32.6 Å². The van der Waals surface area contributed by atoms with Gasteiger partial charge in [0.15, 0.2) is 5.82 Å². The minimum Gasteiger partial charge on any atom is -0.465 e. The van der Waals surface area contributed by atoms with Gasteiger partial charge in [-0.1, -0.05) is 32.1 Å². The average Bonchev–Trinajstić information content (AvgIpc) is 3.19. The predicted molar refractivity (Wildman–Crippen MR) is 79.0 cm³/mol. The van der Waals surface area contributed by atoms with Crippen molar-refractivity contribution in [3.05, 3.63) is 11.6 Å². The number of rotatable bonds is 4. The van der Waals surface area contributed by atoms with Crippen LogP contribution in [-0.4, -0.2) is 27.8 Å². The second-order valence-corrected chi connectivity index (χ2v) is 6.39. The number of aromatic amines is 1. The summed E-state index contributed by atoms with van der Waals surface area (Å²) in [4.78, 5) is 17.3. The van der Waals surface area contributed by atoms with Gasteiger partial charge in [0, 0.05) is 5.92 Å². The summed E-state index contributed by atoms with van der Waals surface area (Å²) < 4.78 is 5.34. The fourth-order valence-electron chi connectivity index (χ4n) is 3.81. The van der Waals surface area contributed by atoms with E-state index in [0.717, 1.165) is 31.5 Å². The summed E-state index contributed by atoms with van der Waals surface area (Å²) in [7, 11) is 0. The van der Waals surface area contributed by atoms with Crippen molar-refractivity contribution in [1.29, 1.82) is 0 Å². The number of hydrogen-bond donors (Lipinski definition) is 1. The Morgan fingerprint density at radius 1 is 1.24 bits per heavy atom. The van der Waals surface area contributed by atoms with Crippen LogP contribution in [0.25, 0.3) is 0 Å². The molecule has 1 heterocycles. The van der Waals surface area contributed by atoms with Crippen LogP contribution in [0.5, 0.6) is 0 Å². The Labute approximate surface area is 125 Å². The second-order valence-electron chi connectivity index (χ2n) is 6.39. The summed E-state index contributed by atoms with van der Waals surface area (Å²) in [6.07, 6.45) is 9.80. The molecule has 0 bridgehead atoms. The summed E-state index contributed by atoms with van der Waals surface area (Å²) in [5.74, 6) is 2.00. The zero-order valence-corrected chi connectivity index (χ0v) is 12.9. The first-order valence-corrected chi connectivity index (χ1v) is 8.36. The van der Waals surface area contributed by atoms with Gasteiger partial charge in [0.1, 0.15) is 11.2 Å². The van der Waals surface area contributed by atoms with Crippen LogP contribution in [0.3, 0.4) is 0 Å². The lowest BCUT2D eigenvalue weighted by Gasteiger charge is -2.32. The van der Waals surface area contributed by atoms with E-state index in [1.807, 2.05) is 6.92 Å². The summed E-state index contributed by atoms with van der Waals surface area (Å²) >= 11 is 0. The van der Waals surface area contributed by atoms with Crippen molar-refractivity contribution < 1.29 is 9.53 Å². The van der Waals surface area contributed by atoms with E-state index in [2.05, 4.69) is 10.2 Å². The van der Waals surface area contributed by atoms with Gasteiger partial charge in [-0.25, -0.2) is 4.98 Å². The van der Waals surface area contributed by atoms with Crippen LogP contribution in [0.1, 0.15) is 82.3 Å². The monoisotopic (exact) mass is 291 g/mol. The van der Waals surface area contributed by atoms with Crippen molar-refractivity contribution in [2.75, 3.05) is 6.61 Å². The Hall–Kier alpha value is -1.39. The Balaban J connectivity index is 1.87. The second kappa shape index (κ2) is 6.16. The maximum atomic E-state index is 12.5. The molecule has 5 heteroatoms. The molecule has 0 radical (unpaired) electrons. The molecule has 2 aliphatic carbocycles. The third kappa shape index (κ3) is 2.70. The average molecular weight is 291 g/mol. The highest BCUT2D eigenvalue weighted by Crippen LogP contribution is 2.40. The van der Waals surface area contributed by atoms with Crippen LogP contribution in [0.4, 0.5) is 0 Å². The topological polar surface area (TPSA) is 67.9 Å². The molecule has 0 unspecified atom stereocenters. The van der Waals surface area contributed by atoms with E-state index >= 15 is 0 Å². The van der Waals surface area contributed by atoms with E-state index in [4.69, 9.17) is 9.72 Å². The first-order chi connectivity index (χ1) is 10.3. The van der Waals surface area contributed by atoms with E-state index in [1.165, 1.54) is 32.1 Å². The molecule has 2 aliphatic rings. The van der Waals surface area contributed by atoms with Gasteiger partial charge in [-0.2, -0.15) is 5.10 Å². The molecule has 5 nitrogen and oxygen atoms in total. The molecule has 0 spiro atoms. The van der Waals surface area contributed by atoms with Crippen molar-refractivity contribution in [3.8, 4) is 0 Å². The number of H-pyrrole nitrogens is 1. The molecule has 2 fully saturated rings. The number of hydrogen-bond acceptors (Lipinski definition) is 4. The zero-order valence-electron chi connectivity index (χ0n) is 12.9. The summed E-state index contributed by atoms with van der Waals surface area (Å²) in [5, 5.41) is 7.52. The van der Waals surface area contributed by atoms with Gasteiger partial charge in [0.25, 0.3) is 0 Å². The molecule has 2 saturated carbocycles. The highest BCUT2D eigenvalue weighted by molar-refractivity contribution is 5.82. The SMILES string of the molecule is CCOC(=O)C1(c2n[nH]c(C3CCCC3)n2)CCCCC1. The van der Waals surface area contributed by atoms with Crippen molar-refractivity contribution in [2.45, 2.75) is 76.0 Å². The highest BCUT2D eigenvalue weighted by atomic mass is 16.5. The van der Waals surface area contributed by atoms with Crippen molar-refractivity contribution in [3.63, 3.8) is 0 Å². The van der Waals surface area contributed by atoms with Crippen LogP contribution in [-0.2, 0) is 14.9 Å².